The Hall–Kier alpha value is -2.39. The zero-order valence-corrected chi connectivity index (χ0v) is 15.3. The number of benzene rings is 1. The third-order valence-electron chi connectivity index (χ3n) is 5.40. The maximum absolute atomic E-state index is 4.37. The predicted molar refractivity (Wildman–Crippen MR) is 105 cm³/mol. The lowest BCUT2D eigenvalue weighted by atomic mass is 9.75. The van der Waals surface area contributed by atoms with Gasteiger partial charge in [-0.15, -0.1) is 0 Å². The lowest BCUT2D eigenvalue weighted by Crippen LogP contribution is -2.42. The van der Waals surface area contributed by atoms with Crippen molar-refractivity contribution in [1.82, 2.24) is 14.9 Å². The van der Waals surface area contributed by atoms with Crippen LogP contribution in [-0.4, -0.2) is 28.5 Å². The molecule has 3 heterocycles. The number of aromatic amines is 1. The van der Waals surface area contributed by atoms with Crippen molar-refractivity contribution in [3.63, 3.8) is 0 Å². The van der Waals surface area contributed by atoms with Gasteiger partial charge >= 0.3 is 0 Å². The summed E-state index contributed by atoms with van der Waals surface area (Å²) in [5, 5.41) is 1.36. The molecule has 1 aliphatic heterocycles. The maximum Gasteiger partial charge on any atom is 0.0459 e. The van der Waals surface area contributed by atoms with E-state index in [9.17, 15) is 0 Å². The Morgan fingerprint density at radius 1 is 1.28 bits per heavy atom. The fraction of sp³-hybridized carbons (Fsp3) is 0.318. The number of nitrogens with zero attached hydrogens (tertiary/aromatic N) is 2. The molecule has 1 unspecified atom stereocenters. The van der Waals surface area contributed by atoms with Crippen LogP contribution in [0.3, 0.4) is 0 Å². The minimum Gasteiger partial charge on any atom is -0.358 e. The molecule has 1 atom stereocenters. The number of hydrogen-bond acceptors (Lipinski definition) is 2. The topological polar surface area (TPSA) is 31.9 Å². The summed E-state index contributed by atoms with van der Waals surface area (Å²) in [4.78, 5) is 10.3. The van der Waals surface area contributed by atoms with Crippen LogP contribution in [0.1, 0.15) is 35.7 Å². The van der Waals surface area contributed by atoms with Crippen LogP contribution in [0, 0.1) is 6.92 Å². The van der Waals surface area contributed by atoms with Crippen LogP contribution in [0.2, 0.25) is 0 Å². The number of pyridine rings is 1. The van der Waals surface area contributed by atoms with E-state index in [2.05, 4.69) is 60.5 Å². The number of hydrogen-bond donors (Lipinski definition) is 1. The number of allylic oxidation sites excluding steroid dienone is 1. The molecule has 3 heteroatoms. The Morgan fingerprint density at radius 2 is 2.04 bits per heavy atom. The molecular formula is C22H25N3. The second-order valence-corrected chi connectivity index (χ2v) is 7.78. The summed E-state index contributed by atoms with van der Waals surface area (Å²) in [6.45, 7) is 10.9. The van der Waals surface area contributed by atoms with E-state index in [4.69, 9.17) is 0 Å². The highest BCUT2D eigenvalue weighted by Gasteiger charge is 2.37. The Morgan fingerprint density at radius 3 is 2.80 bits per heavy atom. The van der Waals surface area contributed by atoms with E-state index in [1.54, 1.807) is 0 Å². The van der Waals surface area contributed by atoms with E-state index in [1.165, 1.54) is 38.9 Å². The highest BCUT2D eigenvalue weighted by atomic mass is 15.1. The molecule has 0 aliphatic carbocycles. The van der Waals surface area contributed by atoms with Crippen LogP contribution in [0.5, 0.6) is 0 Å². The number of aryl methyl sites for hydroxylation is 1. The Kier molecular flexibility index (Phi) is 3.77. The zero-order valence-electron chi connectivity index (χ0n) is 15.3. The molecule has 0 saturated carbocycles. The van der Waals surface area contributed by atoms with Gasteiger partial charge in [0, 0.05) is 47.5 Å². The predicted octanol–water partition coefficient (Wildman–Crippen LogP) is 4.68. The van der Waals surface area contributed by atoms with Crippen LogP contribution in [0.15, 0.2) is 49.3 Å². The second kappa shape index (κ2) is 5.85. The molecule has 128 valence electrons. The zero-order chi connectivity index (χ0) is 17.6. The molecule has 0 fully saturated rings. The molecule has 1 N–H and O–H groups in total. The Bertz CT molecular complexity index is 939. The number of rotatable bonds is 3. The standard InChI is InChI=1S/C22H25N3/c1-15-5-6-20-18(11-15)19-13-25(4)14-22(3,21(19)24-20)12-16(2)17-7-9-23-10-8-17/h5-11,24H,2,12-14H2,1,3-4H3. The lowest BCUT2D eigenvalue weighted by Gasteiger charge is -2.39. The van der Waals surface area contributed by atoms with Gasteiger partial charge in [0.25, 0.3) is 0 Å². The van der Waals surface area contributed by atoms with Crippen molar-refractivity contribution in [2.24, 2.45) is 0 Å². The van der Waals surface area contributed by atoms with Crippen molar-refractivity contribution in [3.05, 3.63) is 71.7 Å². The van der Waals surface area contributed by atoms with Gasteiger partial charge in [0.1, 0.15) is 0 Å². The van der Waals surface area contributed by atoms with Crippen LogP contribution in [0.25, 0.3) is 16.5 Å². The van der Waals surface area contributed by atoms with Gasteiger partial charge in [0.05, 0.1) is 0 Å². The SMILES string of the molecule is C=C(CC1(C)CN(C)Cc2c1[nH]c1ccc(C)cc21)c1ccncc1. The first-order chi connectivity index (χ1) is 12.0. The Labute approximate surface area is 149 Å². The van der Waals surface area contributed by atoms with Gasteiger partial charge in [-0.1, -0.05) is 25.1 Å². The fourth-order valence-corrected chi connectivity index (χ4v) is 4.35. The van der Waals surface area contributed by atoms with Gasteiger partial charge in [-0.2, -0.15) is 0 Å². The smallest absolute Gasteiger partial charge is 0.0459 e. The first-order valence-corrected chi connectivity index (χ1v) is 8.85. The van der Waals surface area contributed by atoms with Crippen molar-refractivity contribution < 1.29 is 0 Å². The molecule has 1 aliphatic rings. The molecule has 25 heavy (non-hydrogen) atoms. The molecular weight excluding hydrogens is 306 g/mol. The Balaban J connectivity index is 1.78. The minimum atomic E-state index is 0.0234. The van der Waals surface area contributed by atoms with Gasteiger partial charge in [0.15, 0.2) is 0 Å². The summed E-state index contributed by atoms with van der Waals surface area (Å²) in [5.41, 5.74) is 7.74. The summed E-state index contributed by atoms with van der Waals surface area (Å²) in [7, 11) is 2.21. The van der Waals surface area contributed by atoms with Crippen molar-refractivity contribution in [2.75, 3.05) is 13.6 Å². The monoisotopic (exact) mass is 331 g/mol. The third kappa shape index (κ3) is 2.79. The highest BCUT2D eigenvalue weighted by molar-refractivity contribution is 5.86. The van der Waals surface area contributed by atoms with E-state index in [0.29, 0.717) is 0 Å². The minimum absolute atomic E-state index is 0.0234. The first-order valence-electron chi connectivity index (χ1n) is 8.85. The van der Waals surface area contributed by atoms with Crippen molar-refractivity contribution >= 4 is 16.5 Å². The van der Waals surface area contributed by atoms with E-state index < -0.39 is 0 Å². The third-order valence-corrected chi connectivity index (χ3v) is 5.40. The van der Waals surface area contributed by atoms with Gasteiger partial charge in [0.2, 0.25) is 0 Å². The van der Waals surface area contributed by atoms with Crippen molar-refractivity contribution in [1.29, 1.82) is 0 Å². The highest BCUT2D eigenvalue weighted by Crippen LogP contribution is 2.42. The number of H-pyrrole nitrogens is 1. The molecule has 0 radical (unpaired) electrons. The van der Waals surface area contributed by atoms with Crippen molar-refractivity contribution in [2.45, 2.75) is 32.2 Å². The molecule has 0 amide bonds. The summed E-state index contributed by atoms with van der Waals surface area (Å²) < 4.78 is 0. The molecule has 2 aromatic heterocycles. The van der Waals surface area contributed by atoms with E-state index in [0.717, 1.165) is 19.5 Å². The van der Waals surface area contributed by atoms with Gasteiger partial charge in [-0.05, 0) is 61.4 Å². The molecule has 3 nitrogen and oxygen atoms in total. The van der Waals surface area contributed by atoms with Crippen LogP contribution in [-0.2, 0) is 12.0 Å². The molecule has 0 bridgehead atoms. The first kappa shape index (κ1) is 16.1. The number of nitrogens with one attached hydrogen (secondary N) is 1. The number of aromatic nitrogens is 2. The fourth-order valence-electron chi connectivity index (χ4n) is 4.35. The quantitative estimate of drug-likeness (QED) is 0.756. The summed E-state index contributed by atoms with van der Waals surface area (Å²) in [6, 6.07) is 10.8. The number of likely N-dealkylation sites (N-methyl/N-ethyl adjacent to an activating group) is 1. The normalized spacial score (nSPS) is 20.6. The molecule has 1 aromatic carbocycles. The second-order valence-electron chi connectivity index (χ2n) is 7.78. The van der Waals surface area contributed by atoms with E-state index in [1.807, 2.05) is 24.5 Å². The summed E-state index contributed by atoms with van der Waals surface area (Å²) >= 11 is 0. The van der Waals surface area contributed by atoms with Crippen molar-refractivity contribution in [3.8, 4) is 0 Å². The lowest BCUT2D eigenvalue weighted by molar-refractivity contribution is 0.223. The van der Waals surface area contributed by atoms with Crippen LogP contribution >= 0.6 is 0 Å². The van der Waals surface area contributed by atoms with E-state index in [-0.39, 0.29) is 5.41 Å². The van der Waals surface area contributed by atoms with Gasteiger partial charge in [-0.3, -0.25) is 4.98 Å². The average Bonchev–Trinajstić information content (AvgIpc) is 2.94. The molecule has 4 rings (SSSR count). The largest absolute Gasteiger partial charge is 0.358 e. The molecule has 0 spiro atoms. The summed E-state index contributed by atoms with van der Waals surface area (Å²) in [5.74, 6) is 0. The molecule has 3 aromatic rings. The van der Waals surface area contributed by atoms with Crippen LogP contribution < -0.4 is 0 Å². The van der Waals surface area contributed by atoms with Crippen LogP contribution in [0.4, 0.5) is 0 Å². The number of fused-ring (bicyclic) bond motifs is 3. The summed E-state index contributed by atoms with van der Waals surface area (Å²) in [6.07, 6.45) is 4.61. The van der Waals surface area contributed by atoms with Gasteiger partial charge in [-0.25, -0.2) is 0 Å². The van der Waals surface area contributed by atoms with Gasteiger partial charge < -0.3 is 9.88 Å². The van der Waals surface area contributed by atoms with E-state index >= 15 is 0 Å². The average molecular weight is 331 g/mol. The maximum atomic E-state index is 4.37. The molecule has 0 saturated heterocycles.